The Hall–Kier alpha value is -0.890. The molecular weight excluding hydrogens is 213 g/mol. The zero-order valence-electron chi connectivity index (χ0n) is 10.2. The molecule has 1 atom stereocenters. The van der Waals surface area contributed by atoms with Crippen molar-refractivity contribution in [1.29, 1.82) is 0 Å². The van der Waals surface area contributed by atoms with E-state index in [9.17, 15) is 4.39 Å². The van der Waals surface area contributed by atoms with Crippen molar-refractivity contribution >= 4 is 0 Å². The number of aryl methyl sites for hydroxylation is 1. The van der Waals surface area contributed by atoms with Crippen LogP contribution in [0.3, 0.4) is 0 Å². The van der Waals surface area contributed by atoms with Crippen LogP contribution in [0.15, 0.2) is 18.2 Å². The Morgan fingerprint density at radius 2 is 2.18 bits per heavy atom. The Morgan fingerprint density at radius 1 is 1.35 bits per heavy atom. The first-order valence-electron chi connectivity index (χ1n) is 6.75. The van der Waals surface area contributed by atoms with Crippen LogP contribution in [-0.2, 0) is 11.8 Å². The van der Waals surface area contributed by atoms with E-state index in [4.69, 9.17) is 5.73 Å². The second kappa shape index (κ2) is 4.09. The molecule has 0 saturated heterocycles. The molecule has 0 amide bonds. The van der Waals surface area contributed by atoms with E-state index in [2.05, 4.69) is 0 Å². The van der Waals surface area contributed by atoms with E-state index < -0.39 is 0 Å². The first-order chi connectivity index (χ1) is 8.26. The van der Waals surface area contributed by atoms with Crippen molar-refractivity contribution in [3.05, 3.63) is 35.1 Å². The van der Waals surface area contributed by atoms with Crippen LogP contribution < -0.4 is 5.73 Å². The van der Waals surface area contributed by atoms with Gasteiger partial charge in [-0.15, -0.1) is 0 Å². The van der Waals surface area contributed by atoms with Gasteiger partial charge in [0.25, 0.3) is 0 Å². The molecule has 1 saturated carbocycles. The molecular formula is C15H20FN. The molecule has 0 bridgehead atoms. The highest BCUT2D eigenvalue weighted by Crippen LogP contribution is 2.59. The summed E-state index contributed by atoms with van der Waals surface area (Å²) in [4.78, 5) is 0. The third kappa shape index (κ3) is 1.79. The predicted molar refractivity (Wildman–Crippen MR) is 67.4 cm³/mol. The quantitative estimate of drug-likeness (QED) is 0.852. The smallest absolute Gasteiger partial charge is 0.123 e. The van der Waals surface area contributed by atoms with E-state index >= 15 is 0 Å². The van der Waals surface area contributed by atoms with Crippen molar-refractivity contribution in [1.82, 2.24) is 0 Å². The molecule has 1 aromatic carbocycles. The van der Waals surface area contributed by atoms with Gasteiger partial charge in [0.2, 0.25) is 0 Å². The van der Waals surface area contributed by atoms with Crippen molar-refractivity contribution in [2.24, 2.45) is 11.7 Å². The zero-order valence-corrected chi connectivity index (χ0v) is 10.2. The molecule has 0 aromatic heterocycles. The lowest BCUT2D eigenvalue weighted by molar-refractivity contribution is 0.324. The zero-order chi connectivity index (χ0) is 11.9. The van der Waals surface area contributed by atoms with E-state index in [1.165, 1.54) is 36.8 Å². The number of hydrogen-bond donors (Lipinski definition) is 1. The minimum Gasteiger partial charge on any atom is -0.330 e. The van der Waals surface area contributed by atoms with Gasteiger partial charge in [-0.05, 0) is 79.7 Å². The maximum atomic E-state index is 13.4. The molecule has 1 unspecified atom stereocenters. The number of rotatable bonds is 3. The summed E-state index contributed by atoms with van der Waals surface area (Å²) in [7, 11) is 0. The molecule has 0 aliphatic heterocycles. The van der Waals surface area contributed by atoms with Gasteiger partial charge in [-0.1, -0.05) is 6.07 Å². The summed E-state index contributed by atoms with van der Waals surface area (Å²) in [5.74, 6) is 0.662. The van der Waals surface area contributed by atoms with Crippen LogP contribution >= 0.6 is 0 Å². The highest BCUT2D eigenvalue weighted by Gasteiger charge is 2.52. The molecule has 1 aromatic rings. The number of benzene rings is 1. The molecule has 3 rings (SSSR count). The summed E-state index contributed by atoms with van der Waals surface area (Å²) >= 11 is 0. The summed E-state index contributed by atoms with van der Waals surface area (Å²) in [5, 5.41) is 0. The lowest BCUT2D eigenvalue weighted by Crippen LogP contribution is -2.28. The number of hydrogen-bond acceptors (Lipinski definition) is 1. The first-order valence-corrected chi connectivity index (χ1v) is 6.75. The van der Waals surface area contributed by atoms with E-state index in [1.54, 1.807) is 12.1 Å². The Morgan fingerprint density at radius 3 is 2.88 bits per heavy atom. The summed E-state index contributed by atoms with van der Waals surface area (Å²) in [6.07, 6.45) is 7.20. The number of nitrogens with two attached hydrogens (primary N) is 1. The van der Waals surface area contributed by atoms with Gasteiger partial charge in [-0.3, -0.25) is 0 Å². The van der Waals surface area contributed by atoms with Gasteiger partial charge < -0.3 is 5.73 Å². The molecule has 2 aliphatic rings. The van der Waals surface area contributed by atoms with E-state index in [0.29, 0.717) is 5.41 Å². The van der Waals surface area contributed by atoms with Crippen LogP contribution in [0.25, 0.3) is 0 Å². The fourth-order valence-electron chi connectivity index (χ4n) is 3.65. The maximum absolute atomic E-state index is 13.4. The predicted octanol–water partition coefficient (Wildman–Crippen LogP) is 3.16. The average Bonchev–Trinajstić information content (AvgIpc) is 3.11. The van der Waals surface area contributed by atoms with Crippen molar-refractivity contribution in [3.63, 3.8) is 0 Å². The fourth-order valence-corrected chi connectivity index (χ4v) is 3.65. The van der Waals surface area contributed by atoms with Gasteiger partial charge >= 0.3 is 0 Å². The molecule has 1 fully saturated rings. The second-order valence-corrected chi connectivity index (χ2v) is 5.62. The van der Waals surface area contributed by atoms with Crippen molar-refractivity contribution < 1.29 is 4.39 Å². The minimum atomic E-state index is -0.0745. The van der Waals surface area contributed by atoms with Crippen molar-refractivity contribution in [2.75, 3.05) is 6.54 Å². The number of halogens is 1. The highest BCUT2D eigenvalue weighted by molar-refractivity contribution is 5.42. The number of fused-ring (bicyclic) bond motifs is 2. The topological polar surface area (TPSA) is 26.0 Å². The standard InChI is InChI=1S/C15H20FN/c16-13-6-4-11-3-5-12(2-1-9-17)15(7-8-15)14(11)10-13/h4,6,10,12H,1-3,5,7-9,17H2. The van der Waals surface area contributed by atoms with Crippen LogP contribution in [-0.4, -0.2) is 6.54 Å². The van der Waals surface area contributed by atoms with Gasteiger partial charge in [0.15, 0.2) is 0 Å². The van der Waals surface area contributed by atoms with E-state index in [-0.39, 0.29) is 5.82 Å². The first kappa shape index (κ1) is 11.2. The molecule has 92 valence electrons. The van der Waals surface area contributed by atoms with Crippen LogP contribution in [0.1, 0.15) is 43.2 Å². The van der Waals surface area contributed by atoms with E-state index in [0.717, 1.165) is 25.3 Å². The van der Waals surface area contributed by atoms with Crippen LogP contribution in [0.5, 0.6) is 0 Å². The van der Waals surface area contributed by atoms with Crippen LogP contribution in [0.2, 0.25) is 0 Å². The van der Waals surface area contributed by atoms with Crippen LogP contribution in [0, 0.1) is 11.7 Å². The molecule has 2 aliphatic carbocycles. The molecule has 2 N–H and O–H groups in total. The SMILES string of the molecule is NCCCC1CCc2ccc(F)cc2C12CC2. The average molecular weight is 233 g/mol. The monoisotopic (exact) mass is 233 g/mol. The van der Waals surface area contributed by atoms with Gasteiger partial charge in [-0.2, -0.15) is 0 Å². The maximum Gasteiger partial charge on any atom is 0.123 e. The van der Waals surface area contributed by atoms with Gasteiger partial charge in [-0.25, -0.2) is 4.39 Å². The largest absolute Gasteiger partial charge is 0.330 e. The Kier molecular flexibility index (Phi) is 2.70. The Bertz CT molecular complexity index is 423. The Labute approximate surface area is 102 Å². The van der Waals surface area contributed by atoms with Crippen molar-refractivity contribution in [2.45, 2.75) is 43.9 Å². The minimum absolute atomic E-state index is 0.0745. The Balaban J connectivity index is 1.91. The van der Waals surface area contributed by atoms with Gasteiger partial charge in [0.1, 0.15) is 5.82 Å². The fraction of sp³-hybridized carbons (Fsp3) is 0.600. The molecule has 2 heteroatoms. The molecule has 0 heterocycles. The van der Waals surface area contributed by atoms with E-state index in [1.807, 2.05) is 6.07 Å². The summed E-state index contributed by atoms with van der Waals surface area (Å²) in [5.41, 5.74) is 8.63. The third-order valence-electron chi connectivity index (χ3n) is 4.70. The lowest BCUT2D eigenvalue weighted by atomic mass is 9.70. The molecule has 1 nitrogen and oxygen atoms in total. The third-order valence-corrected chi connectivity index (χ3v) is 4.70. The lowest BCUT2D eigenvalue weighted by Gasteiger charge is -2.34. The molecule has 0 radical (unpaired) electrons. The molecule has 17 heavy (non-hydrogen) atoms. The summed E-state index contributed by atoms with van der Waals surface area (Å²) in [6, 6.07) is 5.38. The van der Waals surface area contributed by atoms with Gasteiger partial charge in [0, 0.05) is 0 Å². The van der Waals surface area contributed by atoms with Gasteiger partial charge in [0.05, 0.1) is 0 Å². The molecule has 1 spiro atoms. The van der Waals surface area contributed by atoms with Crippen LogP contribution in [0.4, 0.5) is 4.39 Å². The normalized spacial score (nSPS) is 24.7. The van der Waals surface area contributed by atoms with Crippen molar-refractivity contribution in [3.8, 4) is 0 Å². The highest BCUT2D eigenvalue weighted by atomic mass is 19.1. The second-order valence-electron chi connectivity index (χ2n) is 5.62. The summed E-state index contributed by atoms with van der Waals surface area (Å²) in [6.45, 7) is 0.780. The summed E-state index contributed by atoms with van der Waals surface area (Å²) < 4.78 is 13.4.